The molecule has 1 unspecified atom stereocenters. The molecule has 9 heteroatoms. The molecule has 8 nitrogen and oxygen atoms in total. The molecular formula is C27H22N4O4S. The minimum atomic E-state index is -0.743. The maximum atomic E-state index is 13.6. The van der Waals surface area contributed by atoms with E-state index in [0.29, 0.717) is 11.3 Å². The number of thioether (sulfide) groups is 1. The molecule has 3 aromatic carbocycles. The number of anilines is 1. The Balaban J connectivity index is 1.70. The van der Waals surface area contributed by atoms with Crippen molar-refractivity contribution in [1.82, 2.24) is 5.32 Å². The van der Waals surface area contributed by atoms with E-state index in [1.165, 1.54) is 11.0 Å². The van der Waals surface area contributed by atoms with Crippen molar-refractivity contribution in [3.8, 4) is 6.07 Å². The van der Waals surface area contributed by atoms with Crippen LogP contribution in [0.5, 0.6) is 0 Å². The summed E-state index contributed by atoms with van der Waals surface area (Å²) in [6, 6.07) is 24.7. The van der Waals surface area contributed by atoms with Crippen LogP contribution in [0, 0.1) is 28.4 Å². The Morgan fingerprint density at radius 1 is 1.08 bits per heavy atom. The van der Waals surface area contributed by atoms with Gasteiger partial charge >= 0.3 is 0 Å². The first kappa shape index (κ1) is 24.7. The third kappa shape index (κ3) is 5.29. The number of nitrogens with one attached hydrogen (secondary N) is 1. The van der Waals surface area contributed by atoms with Gasteiger partial charge in [-0.2, -0.15) is 5.26 Å². The molecule has 0 spiro atoms. The van der Waals surface area contributed by atoms with Crippen LogP contribution in [0.25, 0.3) is 0 Å². The number of nitriles is 1. The lowest BCUT2D eigenvalue weighted by Crippen LogP contribution is -2.32. The van der Waals surface area contributed by atoms with Crippen LogP contribution in [0.3, 0.4) is 0 Å². The smallest absolute Gasteiger partial charge is 0.272 e. The van der Waals surface area contributed by atoms with Gasteiger partial charge in [0, 0.05) is 30.3 Å². The van der Waals surface area contributed by atoms with E-state index in [9.17, 15) is 25.0 Å². The number of rotatable bonds is 7. The topological polar surface area (TPSA) is 116 Å². The van der Waals surface area contributed by atoms with E-state index in [1.807, 2.05) is 55.5 Å². The second kappa shape index (κ2) is 10.9. The lowest BCUT2D eigenvalue weighted by molar-refractivity contribution is -0.385. The second-order valence-corrected chi connectivity index (χ2v) is 9.36. The summed E-state index contributed by atoms with van der Waals surface area (Å²) in [4.78, 5) is 39.0. The largest absolute Gasteiger partial charge is 0.347 e. The van der Waals surface area contributed by atoms with Gasteiger partial charge in [0.05, 0.1) is 10.2 Å². The molecule has 0 radical (unpaired) electrons. The van der Waals surface area contributed by atoms with Gasteiger partial charge in [-0.05, 0) is 24.6 Å². The van der Waals surface area contributed by atoms with Crippen molar-refractivity contribution in [2.45, 2.75) is 25.1 Å². The predicted octanol–water partition coefficient (Wildman–Crippen LogP) is 4.65. The van der Waals surface area contributed by atoms with Crippen LogP contribution in [0.1, 0.15) is 16.7 Å². The molecule has 1 aliphatic rings. The summed E-state index contributed by atoms with van der Waals surface area (Å²) in [5, 5.41) is 23.6. The van der Waals surface area contributed by atoms with Crippen LogP contribution in [-0.4, -0.2) is 22.0 Å². The van der Waals surface area contributed by atoms with Crippen LogP contribution in [-0.2, 0) is 22.6 Å². The third-order valence-electron chi connectivity index (χ3n) is 5.69. The van der Waals surface area contributed by atoms with Gasteiger partial charge in [-0.15, -0.1) is 0 Å². The molecular weight excluding hydrogens is 476 g/mol. The number of nitrogens with zero attached hydrogens (tertiary/aromatic N) is 3. The number of para-hydroxylation sites is 1. The van der Waals surface area contributed by atoms with Crippen molar-refractivity contribution in [3.63, 3.8) is 0 Å². The Hall–Kier alpha value is -4.42. The molecule has 0 aliphatic carbocycles. The summed E-state index contributed by atoms with van der Waals surface area (Å²) in [6.07, 6.45) is 0.0802. The van der Waals surface area contributed by atoms with E-state index in [1.54, 1.807) is 30.3 Å². The fourth-order valence-corrected chi connectivity index (χ4v) is 5.14. The zero-order valence-corrected chi connectivity index (χ0v) is 20.2. The van der Waals surface area contributed by atoms with Gasteiger partial charge in [0.25, 0.3) is 11.6 Å². The SMILES string of the molecule is Cc1ccc(N2C(=O)C(Cc3ccccc3[N+](=O)[O-])SC2=C(C#N)C(=O)NCc2ccccc2)cc1. The van der Waals surface area contributed by atoms with Crippen LogP contribution >= 0.6 is 11.8 Å². The van der Waals surface area contributed by atoms with Gasteiger partial charge in [0.2, 0.25) is 5.91 Å². The minimum Gasteiger partial charge on any atom is -0.347 e. The average molecular weight is 499 g/mol. The number of nitro benzene ring substituents is 1. The molecule has 180 valence electrons. The van der Waals surface area contributed by atoms with E-state index in [0.717, 1.165) is 22.9 Å². The molecule has 36 heavy (non-hydrogen) atoms. The molecule has 1 heterocycles. The first-order valence-electron chi connectivity index (χ1n) is 11.1. The number of benzene rings is 3. The molecule has 0 aromatic heterocycles. The van der Waals surface area contributed by atoms with E-state index in [-0.39, 0.29) is 35.2 Å². The molecule has 1 aliphatic heterocycles. The average Bonchev–Trinajstić information content (AvgIpc) is 3.19. The fourth-order valence-electron chi connectivity index (χ4n) is 3.84. The van der Waals surface area contributed by atoms with Crippen molar-refractivity contribution < 1.29 is 14.5 Å². The molecule has 0 bridgehead atoms. The zero-order chi connectivity index (χ0) is 25.7. The lowest BCUT2D eigenvalue weighted by Gasteiger charge is -2.19. The first-order valence-corrected chi connectivity index (χ1v) is 12.0. The summed E-state index contributed by atoms with van der Waals surface area (Å²) in [7, 11) is 0. The van der Waals surface area contributed by atoms with Crippen LogP contribution in [0.4, 0.5) is 11.4 Å². The van der Waals surface area contributed by atoms with Gasteiger partial charge < -0.3 is 5.32 Å². The summed E-state index contributed by atoms with van der Waals surface area (Å²) >= 11 is 1.07. The highest BCUT2D eigenvalue weighted by Crippen LogP contribution is 2.42. The van der Waals surface area contributed by atoms with Gasteiger partial charge in [-0.25, -0.2) is 0 Å². The summed E-state index contributed by atoms with van der Waals surface area (Å²) < 4.78 is 0. The highest BCUT2D eigenvalue weighted by atomic mass is 32.2. The van der Waals surface area contributed by atoms with Crippen LogP contribution in [0.15, 0.2) is 89.5 Å². The monoisotopic (exact) mass is 498 g/mol. The standard InChI is InChI=1S/C27H22N4O4S/c1-18-11-13-21(14-12-18)30-26(33)24(15-20-9-5-6-10-23(20)31(34)35)36-27(30)22(16-28)25(32)29-17-19-7-3-2-4-8-19/h2-14,24H,15,17H2,1H3,(H,29,32). The van der Waals surface area contributed by atoms with Gasteiger partial charge in [0.15, 0.2) is 0 Å². The molecule has 1 N–H and O–H groups in total. The zero-order valence-electron chi connectivity index (χ0n) is 19.4. The number of hydrogen-bond acceptors (Lipinski definition) is 6. The fraction of sp³-hybridized carbons (Fsp3) is 0.148. The molecule has 4 rings (SSSR count). The quantitative estimate of drug-likeness (QED) is 0.219. The van der Waals surface area contributed by atoms with Gasteiger partial charge in [0.1, 0.15) is 16.7 Å². The van der Waals surface area contributed by atoms with Crippen molar-refractivity contribution in [1.29, 1.82) is 5.26 Å². The molecule has 2 amide bonds. The van der Waals surface area contributed by atoms with E-state index in [2.05, 4.69) is 5.32 Å². The van der Waals surface area contributed by atoms with Gasteiger partial charge in [-0.1, -0.05) is 78.0 Å². The van der Waals surface area contributed by atoms with E-state index < -0.39 is 16.1 Å². The number of carbonyl (C=O) groups excluding carboxylic acids is 2. The van der Waals surface area contributed by atoms with Crippen molar-refractivity contribution >= 4 is 35.0 Å². The molecule has 1 atom stereocenters. The Bertz CT molecular complexity index is 1380. The Morgan fingerprint density at radius 3 is 2.42 bits per heavy atom. The number of amides is 2. The van der Waals surface area contributed by atoms with Crippen molar-refractivity contribution in [3.05, 3.63) is 116 Å². The minimum absolute atomic E-state index is 0.0775. The summed E-state index contributed by atoms with van der Waals surface area (Å²) in [5.74, 6) is -0.944. The van der Waals surface area contributed by atoms with Gasteiger partial charge in [-0.3, -0.25) is 24.6 Å². The van der Waals surface area contributed by atoms with Crippen molar-refractivity contribution in [2.75, 3.05) is 4.90 Å². The van der Waals surface area contributed by atoms with E-state index in [4.69, 9.17) is 0 Å². The Labute approximate surface area is 212 Å². The molecule has 1 fully saturated rings. The number of nitro groups is 1. The normalized spacial score (nSPS) is 16.4. The summed E-state index contributed by atoms with van der Waals surface area (Å²) in [6.45, 7) is 2.14. The number of carbonyl (C=O) groups is 2. The molecule has 3 aromatic rings. The van der Waals surface area contributed by atoms with Crippen molar-refractivity contribution in [2.24, 2.45) is 0 Å². The number of hydrogen-bond donors (Lipinski definition) is 1. The van der Waals surface area contributed by atoms with Crippen LogP contribution in [0.2, 0.25) is 0 Å². The maximum absolute atomic E-state index is 13.6. The number of aryl methyl sites for hydroxylation is 1. The highest BCUT2D eigenvalue weighted by Gasteiger charge is 2.41. The van der Waals surface area contributed by atoms with E-state index >= 15 is 0 Å². The first-order chi connectivity index (χ1) is 17.4. The van der Waals surface area contributed by atoms with Crippen LogP contribution < -0.4 is 10.2 Å². The third-order valence-corrected chi connectivity index (χ3v) is 6.95. The predicted molar refractivity (Wildman–Crippen MR) is 138 cm³/mol. The highest BCUT2D eigenvalue weighted by molar-refractivity contribution is 8.05. The Kier molecular flexibility index (Phi) is 7.47. The molecule has 1 saturated heterocycles. The summed E-state index contributed by atoms with van der Waals surface area (Å²) in [5.41, 5.74) is 2.52. The second-order valence-electron chi connectivity index (χ2n) is 8.17. The lowest BCUT2D eigenvalue weighted by atomic mass is 10.1. The molecule has 0 saturated carbocycles. The maximum Gasteiger partial charge on any atom is 0.272 e. The Morgan fingerprint density at radius 2 is 1.75 bits per heavy atom.